The van der Waals surface area contributed by atoms with Gasteiger partial charge in [0, 0.05) is 54.0 Å². The van der Waals surface area contributed by atoms with Crippen LogP contribution in [0.15, 0.2) is 85.6 Å². The summed E-state index contributed by atoms with van der Waals surface area (Å²) in [5.74, 6) is 1.91. The first-order chi connectivity index (χ1) is 17.6. The molecule has 36 heavy (non-hydrogen) atoms. The maximum absolute atomic E-state index is 12.2. The number of carbonyl (C=O) groups is 1. The van der Waals surface area contributed by atoms with Gasteiger partial charge >= 0.3 is 0 Å². The molecule has 0 aliphatic heterocycles. The zero-order chi connectivity index (χ0) is 24.9. The number of rotatable bonds is 8. The first-order valence-electron chi connectivity index (χ1n) is 11.4. The Morgan fingerprint density at radius 1 is 1.03 bits per heavy atom. The van der Waals surface area contributed by atoms with Crippen LogP contribution in [-0.4, -0.2) is 38.9 Å². The topological polar surface area (TPSA) is 105 Å². The molecule has 0 aliphatic rings. The number of carbonyl (C=O) groups excluding carboxylic acids is 1. The lowest BCUT2D eigenvalue weighted by Gasteiger charge is -2.13. The molecule has 2 aromatic carbocycles. The van der Waals surface area contributed by atoms with E-state index in [9.17, 15) is 4.79 Å². The summed E-state index contributed by atoms with van der Waals surface area (Å²) in [5, 5.41) is 10.00. The molecule has 3 N–H and O–H groups in total. The van der Waals surface area contributed by atoms with Crippen molar-refractivity contribution in [3.05, 3.63) is 91.2 Å². The van der Waals surface area contributed by atoms with Crippen LogP contribution in [0.3, 0.4) is 0 Å². The molecule has 0 atom stereocenters. The van der Waals surface area contributed by atoms with E-state index in [1.165, 1.54) is 12.4 Å². The second kappa shape index (κ2) is 10.2. The minimum absolute atomic E-state index is 0.200. The molecule has 0 aliphatic carbocycles. The molecule has 1 amide bonds. The highest BCUT2D eigenvalue weighted by molar-refractivity contribution is 6.01. The van der Waals surface area contributed by atoms with Gasteiger partial charge in [-0.2, -0.15) is 0 Å². The van der Waals surface area contributed by atoms with Gasteiger partial charge in [-0.1, -0.05) is 6.08 Å². The number of pyridine rings is 1. The van der Waals surface area contributed by atoms with Crippen LogP contribution in [0.5, 0.6) is 11.5 Å². The summed E-state index contributed by atoms with van der Waals surface area (Å²) in [6.45, 7) is 2.61. The Labute approximate surface area is 207 Å². The monoisotopic (exact) mass is 479 g/mol. The molecule has 9 heteroatoms. The van der Waals surface area contributed by atoms with Crippen LogP contribution in [0.2, 0.25) is 0 Å². The van der Waals surface area contributed by atoms with Crippen LogP contribution < -0.4 is 20.7 Å². The molecular formula is C27H25N7O2. The largest absolute Gasteiger partial charge is 0.457 e. The van der Waals surface area contributed by atoms with E-state index in [4.69, 9.17) is 4.74 Å². The van der Waals surface area contributed by atoms with Crippen LogP contribution in [-0.2, 0) is 4.79 Å². The Morgan fingerprint density at radius 2 is 1.92 bits per heavy atom. The molecule has 9 nitrogen and oxygen atoms in total. The Kier molecular flexibility index (Phi) is 6.55. The standard InChI is InChI=1S/C27H25N7O2/c1-18-14-19(6-8-24(18)36-21-9-12-34-13-11-29-25(34)16-21)33-27-22-15-20(5-7-23(22)30-17-31-27)32-26(35)4-3-10-28-2/h3-9,11-17,28H,10H2,1-2H3,(H,32,35)(H,30,31,33)/b4-3+. The highest BCUT2D eigenvalue weighted by atomic mass is 16.5. The number of aromatic nitrogens is 4. The maximum Gasteiger partial charge on any atom is 0.248 e. The molecule has 0 bridgehead atoms. The number of nitrogens with one attached hydrogen (secondary N) is 3. The van der Waals surface area contributed by atoms with E-state index < -0.39 is 0 Å². The van der Waals surface area contributed by atoms with Gasteiger partial charge in [0.1, 0.15) is 29.3 Å². The second-order valence-electron chi connectivity index (χ2n) is 8.17. The smallest absolute Gasteiger partial charge is 0.248 e. The van der Waals surface area contributed by atoms with Crippen LogP contribution in [0.25, 0.3) is 16.6 Å². The predicted octanol–water partition coefficient (Wildman–Crippen LogP) is 4.84. The van der Waals surface area contributed by atoms with Gasteiger partial charge in [0.15, 0.2) is 0 Å². The number of fused-ring (bicyclic) bond motifs is 2. The minimum atomic E-state index is -0.200. The highest BCUT2D eigenvalue weighted by Gasteiger charge is 2.09. The van der Waals surface area contributed by atoms with E-state index in [0.717, 1.165) is 39.3 Å². The van der Waals surface area contributed by atoms with Crippen molar-refractivity contribution in [2.24, 2.45) is 0 Å². The van der Waals surface area contributed by atoms with Gasteiger partial charge in [0.2, 0.25) is 5.91 Å². The fourth-order valence-corrected chi connectivity index (χ4v) is 3.76. The highest BCUT2D eigenvalue weighted by Crippen LogP contribution is 2.30. The third-order valence-corrected chi connectivity index (χ3v) is 5.53. The fraction of sp³-hybridized carbons (Fsp3) is 0.111. The molecule has 0 radical (unpaired) electrons. The van der Waals surface area contributed by atoms with Crippen molar-refractivity contribution in [1.82, 2.24) is 24.7 Å². The number of amides is 1. The molecule has 0 spiro atoms. The molecule has 5 aromatic rings. The minimum Gasteiger partial charge on any atom is -0.457 e. The van der Waals surface area contributed by atoms with Crippen LogP contribution in [0.4, 0.5) is 17.2 Å². The van der Waals surface area contributed by atoms with Gasteiger partial charge in [-0.3, -0.25) is 4.79 Å². The van der Waals surface area contributed by atoms with Crippen LogP contribution >= 0.6 is 0 Å². The van der Waals surface area contributed by atoms with Crippen molar-refractivity contribution in [2.75, 3.05) is 24.2 Å². The number of likely N-dealkylation sites (N-methyl/N-ethyl adjacent to an activating group) is 1. The summed E-state index contributed by atoms with van der Waals surface area (Å²) in [4.78, 5) is 25.2. The van der Waals surface area contributed by atoms with E-state index >= 15 is 0 Å². The number of anilines is 3. The summed E-state index contributed by atoms with van der Waals surface area (Å²) in [6.07, 6.45) is 10.3. The summed E-state index contributed by atoms with van der Waals surface area (Å²) < 4.78 is 8.02. The van der Waals surface area contributed by atoms with E-state index in [0.29, 0.717) is 18.1 Å². The Balaban J connectivity index is 1.35. The Bertz CT molecular complexity index is 1580. The number of aryl methyl sites for hydroxylation is 1. The van der Waals surface area contributed by atoms with Crippen LogP contribution in [0, 0.1) is 6.92 Å². The van der Waals surface area contributed by atoms with Crippen molar-refractivity contribution in [1.29, 1.82) is 0 Å². The zero-order valence-electron chi connectivity index (χ0n) is 19.9. The fourth-order valence-electron chi connectivity index (χ4n) is 3.76. The van der Waals surface area contributed by atoms with Crippen molar-refractivity contribution in [2.45, 2.75) is 6.92 Å². The van der Waals surface area contributed by atoms with Crippen molar-refractivity contribution in [3.8, 4) is 11.5 Å². The summed E-state index contributed by atoms with van der Waals surface area (Å²) in [6, 6.07) is 15.2. The summed E-state index contributed by atoms with van der Waals surface area (Å²) >= 11 is 0. The Morgan fingerprint density at radius 3 is 2.78 bits per heavy atom. The predicted molar refractivity (Wildman–Crippen MR) is 141 cm³/mol. The maximum atomic E-state index is 12.2. The lowest BCUT2D eigenvalue weighted by atomic mass is 10.1. The SMILES string of the molecule is CNC/C=C/C(=O)Nc1ccc2ncnc(Nc3ccc(Oc4ccn5ccnc5c4)c(C)c3)c2c1. The molecule has 3 heterocycles. The van der Waals surface area contributed by atoms with E-state index in [1.54, 1.807) is 12.3 Å². The van der Waals surface area contributed by atoms with E-state index in [2.05, 4.69) is 30.9 Å². The number of hydrogen-bond donors (Lipinski definition) is 3. The molecule has 0 saturated heterocycles. The summed E-state index contributed by atoms with van der Waals surface area (Å²) in [5.41, 5.74) is 4.07. The first-order valence-corrected chi connectivity index (χ1v) is 11.4. The van der Waals surface area contributed by atoms with Gasteiger partial charge in [-0.05, 0) is 62.0 Å². The van der Waals surface area contributed by atoms with E-state index in [-0.39, 0.29) is 5.91 Å². The second-order valence-corrected chi connectivity index (χ2v) is 8.17. The lowest BCUT2D eigenvalue weighted by Crippen LogP contribution is -2.10. The molecule has 0 fully saturated rings. The molecule has 5 rings (SSSR count). The summed E-state index contributed by atoms with van der Waals surface area (Å²) in [7, 11) is 1.82. The zero-order valence-corrected chi connectivity index (χ0v) is 19.9. The van der Waals surface area contributed by atoms with E-state index in [1.807, 2.05) is 79.3 Å². The number of hydrogen-bond acceptors (Lipinski definition) is 7. The molecule has 0 saturated carbocycles. The number of nitrogens with zero attached hydrogens (tertiary/aromatic N) is 4. The first kappa shape index (κ1) is 23.0. The van der Waals surface area contributed by atoms with Gasteiger partial charge in [-0.25, -0.2) is 15.0 Å². The number of imidazole rings is 1. The molecule has 180 valence electrons. The van der Waals surface area contributed by atoms with Gasteiger partial charge < -0.3 is 25.1 Å². The van der Waals surface area contributed by atoms with Crippen molar-refractivity contribution in [3.63, 3.8) is 0 Å². The molecule has 0 unspecified atom stereocenters. The molecule has 3 aromatic heterocycles. The van der Waals surface area contributed by atoms with Gasteiger partial charge in [-0.15, -0.1) is 0 Å². The quantitative estimate of drug-likeness (QED) is 0.274. The van der Waals surface area contributed by atoms with Crippen molar-refractivity contribution < 1.29 is 9.53 Å². The third-order valence-electron chi connectivity index (χ3n) is 5.53. The van der Waals surface area contributed by atoms with Gasteiger partial charge in [0.05, 0.1) is 5.52 Å². The number of benzene rings is 2. The molecular weight excluding hydrogens is 454 g/mol. The average Bonchev–Trinajstić information content (AvgIpc) is 3.34. The Hall–Kier alpha value is -4.76. The number of ether oxygens (including phenoxy) is 1. The van der Waals surface area contributed by atoms with Gasteiger partial charge in [0.25, 0.3) is 0 Å². The third kappa shape index (κ3) is 5.16. The van der Waals surface area contributed by atoms with Crippen molar-refractivity contribution >= 4 is 39.6 Å². The lowest BCUT2D eigenvalue weighted by molar-refractivity contribution is -0.111. The average molecular weight is 480 g/mol. The normalized spacial score (nSPS) is 11.3. The van der Waals surface area contributed by atoms with Crippen LogP contribution in [0.1, 0.15) is 5.56 Å².